The fraction of sp³-hybridized carbons (Fsp3) is 0.500. The zero-order valence-electron chi connectivity index (χ0n) is 11.9. The fourth-order valence-corrected chi connectivity index (χ4v) is 2.28. The van der Waals surface area contributed by atoms with Gasteiger partial charge in [-0.15, -0.1) is 12.6 Å². The smallest absolute Gasteiger partial charge is 0.255 e. The van der Waals surface area contributed by atoms with Gasteiger partial charge in [-0.1, -0.05) is 11.6 Å². The van der Waals surface area contributed by atoms with Crippen LogP contribution in [0.15, 0.2) is 23.1 Å². The Morgan fingerprint density at radius 1 is 1.40 bits per heavy atom. The lowest BCUT2D eigenvalue weighted by Gasteiger charge is -2.29. The van der Waals surface area contributed by atoms with E-state index in [4.69, 9.17) is 21.1 Å². The summed E-state index contributed by atoms with van der Waals surface area (Å²) < 4.78 is 10.2. The number of hydrogen-bond donors (Lipinski definition) is 1. The van der Waals surface area contributed by atoms with Gasteiger partial charge >= 0.3 is 0 Å². The fourth-order valence-electron chi connectivity index (χ4n) is 1.87. The van der Waals surface area contributed by atoms with Gasteiger partial charge in [-0.05, 0) is 25.1 Å². The number of thiol groups is 1. The highest BCUT2D eigenvalue weighted by Crippen LogP contribution is 2.22. The first-order valence-corrected chi connectivity index (χ1v) is 7.11. The summed E-state index contributed by atoms with van der Waals surface area (Å²) in [5, 5.41) is 0.417. The van der Waals surface area contributed by atoms with Crippen LogP contribution in [0.1, 0.15) is 17.3 Å². The summed E-state index contributed by atoms with van der Waals surface area (Å²) in [6.07, 6.45) is 0. The predicted octanol–water partition coefficient (Wildman–Crippen LogP) is 2.75. The third-order valence-corrected chi connectivity index (χ3v) is 3.53. The number of benzene rings is 1. The van der Waals surface area contributed by atoms with Crippen LogP contribution in [-0.4, -0.2) is 50.8 Å². The van der Waals surface area contributed by atoms with E-state index in [1.807, 2.05) is 6.92 Å². The van der Waals surface area contributed by atoms with Crippen molar-refractivity contribution in [2.24, 2.45) is 0 Å². The van der Waals surface area contributed by atoms with Gasteiger partial charge in [0.05, 0.1) is 29.8 Å². The van der Waals surface area contributed by atoms with E-state index in [1.165, 1.54) is 0 Å². The molecule has 0 N–H and O–H groups in total. The highest BCUT2D eigenvalue weighted by Gasteiger charge is 2.23. The lowest BCUT2D eigenvalue weighted by atomic mass is 10.1. The molecule has 0 spiro atoms. The molecule has 6 heteroatoms. The van der Waals surface area contributed by atoms with Gasteiger partial charge in [-0.3, -0.25) is 4.79 Å². The second kappa shape index (κ2) is 8.52. The number of methoxy groups -OCH3 is 2. The Bertz CT molecular complexity index is 456. The average Bonchev–Trinajstić information content (AvgIpc) is 2.42. The number of carbonyl (C=O) groups excluding carboxylic acids is 1. The van der Waals surface area contributed by atoms with Crippen LogP contribution in [0.2, 0.25) is 5.02 Å². The number of nitrogens with zero attached hydrogens (tertiary/aromatic N) is 1. The molecule has 0 saturated heterocycles. The number of ether oxygens (including phenoxy) is 2. The minimum atomic E-state index is -0.146. The number of rotatable bonds is 7. The molecule has 1 aromatic rings. The SMILES string of the molecule is COCCN(C(=O)c1cc(S)ccc1Cl)C(C)COC. The monoisotopic (exact) mass is 317 g/mol. The normalized spacial score (nSPS) is 12.2. The van der Waals surface area contributed by atoms with Gasteiger partial charge in [-0.25, -0.2) is 0 Å². The van der Waals surface area contributed by atoms with Crippen molar-refractivity contribution in [3.63, 3.8) is 0 Å². The maximum atomic E-state index is 12.6. The first-order valence-electron chi connectivity index (χ1n) is 6.28. The van der Waals surface area contributed by atoms with E-state index in [9.17, 15) is 4.79 Å². The quantitative estimate of drug-likeness (QED) is 0.786. The van der Waals surface area contributed by atoms with Crippen molar-refractivity contribution in [1.29, 1.82) is 0 Å². The maximum absolute atomic E-state index is 12.6. The van der Waals surface area contributed by atoms with E-state index < -0.39 is 0 Å². The number of carbonyl (C=O) groups is 1. The number of amides is 1. The molecule has 0 radical (unpaired) electrons. The molecule has 1 amide bonds. The Labute approximate surface area is 130 Å². The molecule has 0 aliphatic carbocycles. The maximum Gasteiger partial charge on any atom is 0.255 e. The number of hydrogen-bond acceptors (Lipinski definition) is 4. The minimum Gasteiger partial charge on any atom is -0.383 e. The standard InChI is InChI=1S/C14H20ClNO3S/c1-10(9-19-3)16(6-7-18-2)14(17)12-8-11(20)4-5-13(12)15/h4-5,8,10,20H,6-7,9H2,1-3H3. The van der Waals surface area contributed by atoms with Crippen molar-refractivity contribution in [3.05, 3.63) is 28.8 Å². The predicted molar refractivity (Wildman–Crippen MR) is 83.0 cm³/mol. The van der Waals surface area contributed by atoms with Crippen LogP contribution in [0.3, 0.4) is 0 Å². The molecule has 0 heterocycles. The summed E-state index contributed by atoms with van der Waals surface area (Å²) in [4.78, 5) is 15.0. The molecule has 20 heavy (non-hydrogen) atoms. The van der Waals surface area contributed by atoms with E-state index in [0.717, 1.165) is 0 Å². The van der Waals surface area contributed by atoms with Crippen LogP contribution in [0.5, 0.6) is 0 Å². The Balaban J connectivity index is 2.99. The second-order valence-electron chi connectivity index (χ2n) is 4.46. The van der Waals surface area contributed by atoms with Gasteiger partial charge in [0.25, 0.3) is 5.91 Å². The lowest BCUT2D eigenvalue weighted by molar-refractivity contribution is 0.0479. The molecule has 0 aromatic heterocycles. The van der Waals surface area contributed by atoms with Crippen molar-refractivity contribution in [2.45, 2.75) is 17.9 Å². The van der Waals surface area contributed by atoms with Crippen LogP contribution >= 0.6 is 24.2 Å². The van der Waals surface area contributed by atoms with Crippen LogP contribution in [0.25, 0.3) is 0 Å². The molecule has 1 rings (SSSR count). The molecule has 0 aliphatic heterocycles. The van der Waals surface area contributed by atoms with Crippen molar-refractivity contribution in [1.82, 2.24) is 4.90 Å². The molecule has 0 bridgehead atoms. The van der Waals surface area contributed by atoms with Crippen molar-refractivity contribution in [2.75, 3.05) is 34.0 Å². The summed E-state index contributed by atoms with van der Waals surface area (Å²) in [6, 6.07) is 5.03. The topological polar surface area (TPSA) is 38.8 Å². The largest absolute Gasteiger partial charge is 0.383 e. The van der Waals surface area contributed by atoms with Gasteiger partial charge in [0.1, 0.15) is 0 Å². The molecule has 112 valence electrons. The molecular weight excluding hydrogens is 298 g/mol. The Morgan fingerprint density at radius 3 is 2.70 bits per heavy atom. The zero-order valence-corrected chi connectivity index (χ0v) is 13.6. The van der Waals surface area contributed by atoms with Gasteiger partial charge in [0, 0.05) is 25.7 Å². The average molecular weight is 318 g/mol. The molecule has 1 unspecified atom stereocenters. The van der Waals surface area contributed by atoms with Gasteiger partial charge < -0.3 is 14.4 Å². The van der Waals surface area contributed by atoms with Crippen LogP contribution in [-0.2, 0) is 9.47 Å². The summed E-state index contributed by atoms with van der Waals surface area (Å²) >= 11 is 10.4. The summed E-state index contributed by atoms with van der Waals surface area (Å²) in [5.74, 6) is -0.146. The van der Waals surface area contributed by atoms with E-state index in [1.54, 1.807) is 37.3 Å². The third kappa shape index (κ3) is 4.66. The zero-order chi connectivity index (χ0) is 15.1. The van der Waals surface area contributed by atoms with E-state index in [2.05, 4.69) is 12.6 Å². The van der Waals surface area contributed by atoms with Gasteiger partial charge in [0.2, 0.25) is 0 Å². The minimum absolute atomic E-state index is 0.0673. The van der Waals surface area contributed by atoms with Crippen LogP contribution in [0, 0.1) is 0 Å². The Kier molecular flexibility index (Phi) is 7.37. The molecule has 1 atom stereocenters. The van der Waals surface area contributed by atoms with E-state index in [0.29, 0.717) is 35.2 Å². The first kappa shape index (κ1) is 17.3. The highest BCUT2D eigenvalue weighted by atomic mass is 35.5. The van der Waals surface area contributed by atoms with Crippen LogP contribution in [0.4, 0.5) is 0 Å². The van der Waals surface area contributed by atoms with Crippen molar-refractivity contribution in [3.8, 4) is 0 Å². The van der Waals surface area contributed by atoms with Gasteiger partial charge in [-0.2, -0.15) is 0 Å². The molecule has 1 aromatic carbocycles. The van der Waals surface area contributed by atoms with E-state index in [-0.39, 0.29) is 11.9 Å². The summed E-state index contributed by atoms with van der Waals surface area (Å²) in [7, 11) is 3.21. The molecule has 0 saturated carbocycles. The Morgan fingerprint density at radius 2 is 2.10 bits per heavy atom. The molecule has 0 fully saturated rings. The van der Waals surface area contributed by atoms with Crippen molar-refractivity contribution < 1.29 is 14.3 Å². The number of halogens is 1. The highest BCUT2D eigenvalue weighted by molar-refractivity contribution is 7.80. The lowest BCUT2D eigenvalue weighted by Crippen LogP contribution is -2.43. The molecule has 0 aliphatic rings. The van der Waals surface area contributed by atoms with Gasteiger partial charge in [0.15, 0.2) is 0 Å². The summed E-state index contributed by atoms with van der Waals surface area (Å²) in [6.45, 7) is 3.31. The second-order valence-corrected chi connectivity index (χ2v) is 5.38. The first-order chi connectivity index (χ1) is 9.51. The molecular formula is C14H20ClNO3S. The molecule has 4 nitrogen and oxygen atoms in total. The Hall–Kier alpha value is -0.750. The third-order valence-electron chi connectivity index (χ3n) is 2.92. The van der Waals surface area contributed by atoms with Crippen molar-refractivity contribution >= 4 is 30.1 Å². The summed E-state index contributed by atoms with van der Waals surface area (Å²) in [5.41, 5.74) is 0.443. The van der Waals surface area contributed by atoms with Crippen LogP contribution < -0.4 is 0 Å². The van der Waals surface area contributed by atoms with E-state index >= 15 is 0 Å².